The molecule has 0 unspecified atom stereocenters. The highest BCUT2D eigenvalue weighted by molar-refractivity contribution is 6.25. The number of rotatable bonds is 4. The fourth-order valence-electron chi connectivity index (χ4n) is 7.57. The first-order valence-electron chi connectivity index (χ1n) is 14.2. The molecule has 3 aliphatic carbocycles. The summed E-state index contributed by atoms with van der Waals surface area (Å²) in [7, 11) is 0. The van der Waals surface area contributed by atoms with Gasteiger partial charge in [0.05, 0.1) is 22.9 Å². The maximum absolute atomic E-state index is 14.4. The van der Waals surface area contributed by atoms with Crippen LogP contribution in [0.3, 0.4) is 0 Å². The van der Waals surface area contributed by atoms with Crippen LogP contribution in [0, 0.1) is 17.7 Å². The molecule has 0 aromatic heterocycles. The largest absolute Gasteiger partial charge is 0.274 e. The number of amides is 3. The number of fused-ring (bicyclic) bond motifs is 1. The first-order valence-corrected chi connectivity index (χ1v) is 14.2. The number of halogens is 1. The van der Waals surface area contributed by atoms with Crippen molar-refractivity contribution in [2.45, 2.75) is 11.3 Å². The van der Waals surface area contributed by atoms with Crippen molar-refractivity contribution >= 4 is 40.4 Å². The maximum atomic E-state index is 14.4. The number of hydrogen-bond donors (Lipinski definition) is 1. The molecule has 2 bridgehead atoms. The number of imide groups is 1. The van der Waals surface area contributed by atoms with E-state index in [0.717, 1.165) is 33.0 Å². The van der Waals surface area contributed by atoms with Crippen LogP contribution in [-0.2, 0) is 15.0 Å². The third-order valence-corrected chi connectivity index (χ3v) is 9.24. The van der Waals surface area contributed by atoms with Crippen molar-refractivity contribution < 1.29 is 18.8 Å². The summed E-state index contributed by atoms with van der Waals surface area (Å²) >= 11 is 0. The fourth-order valence-corrected chi connectivity index (χ4v) is 7.57. The van der Waals surface area contributed by atoms with E-state index in [1.54, 1.807) is 12.3 Å². The van der Waals surface area contributed by atoms with E-state index < -0.39 is 23.1 Å². The third-order valence-electron chi connectivity index (χ3n) is 9.24. The molecule has 1 N–H and O–H groups in total. The molecule has 1 heterocycles. The molecule has 6 nitrogen and oxygen atoms in total. The summed E-state index contributed by atoms with van der Waals surface area (Å²) in [5, 5.41) is 6.25. The molecular weight excluding hydrogens is 541 g/mol. The Balaban J connectivity index is 1.28. The standard InChI is InChI=1S/C36H24FN3O3/c37-22-16-18-23(19-17-22)40-34(42)31-30-26-11-3-5-14-28(26)36(32(31)35(40)43,29-15-6-4-12-27(29)30)20-38-39-33(41)25-13-7-9-21-8-1-2-10-24(21)25/h1-20,30-32H,(H,39,41)/b38-20-/t30?,31-,32+,36?/m1/s1. The van der Waals surface area contributed by atoms with Gasteiger partial charge < -0.3 is 0 Å². The number of nitrogens with zero attached hydrogens (tertiary/aromatic N) is 2. The highest BCUT2D eigenvalue weighted by Gasteiger charge is 2.68. The smallest absolute Gasteiger partial charge is 0.271 e. The van der Waals surface area contributed by atoms with Crippen molar-refractivity contribution in [3.8, 4) is 0 Å². The lowest BCUT2D eigenvalue weighted by Crippen LogP contribution is -2.54. The first-order chi connectivity index (χ1) is 21.0. The third kappa shape index (κ3) is 3.45. The predicted molar refractivity (Wildman–Crippen MR) is 161 cm³/mol. The van der Waals surface area contributed by atoms with Crippen LogP contribution in [-0.4, -0.2) is 23.9 Å². The van der Waals surface area contributed by atoms with Crippen molar-refractivity contribution in [2.24, 2.45) is 16.9 Å². The van der Waals surface area contributed by atoms with E-state index in [-0.39, 0.29) is 23.6 Å². The second-order valence-electron chi connectivity index (χ2n) is 11.2. The Bertz CT molecular complexity index is 1970. The van der Waals surface area contributed by atoms with Gasteiger partial charge in [0.2, 0.25) is 11.8 Å². The molecular formula is C36H24FN3O3. The highest BCUT2D eigenvalue weighted by atomic mass is 19.1. The molecule has 43 heavy (non-hydrogen) atoms. The summed E-state index contributed by atoms with van der Waals surface area (Å²) in [6, 6.07) is 34.2. The molecule has 0 radical (unpaired) electrons. The molecule has 2 atom stereocenters. The van der Waals surface area contributed by atoms with Gasteiger partial charge in [0.1, 0.15) is 5.82 Å². The van der Waals surface area contributed by atoms with Gasteiger partial charge in [-0.2, -0.15) is 5.10 Å². The van der Waals surface area contributed by atoms with E-state index in [4.69, 9.17) is 0 Å². The number of nitrogens with one attached hydrogen (secondary N) is 1. The molecule has 5 aromatic carbocycles. The summed E-state index contributed by atoms with van der Waals surface area (Å²) < 4.78 is 13.8. The number of hydrogen-bond acceptors (Lipinski definition) is 4. The minimum absolute atomic E-state index is 0.326. The van der Waals surface area contributed by atoms with Crippen LogP contribution in [0.5, 0.6) is 0 Å². The Morgan fingerprint density at radius 1 is 0.767 bits per heavy atom. The zero-order chi connectivity index (χ0) is 29.3. The second kappa shape index (κ2) is 9.29. The Labute approximate surface area is 246 Å². The summed E-state index contributed by atoms with van der Waals surface area (Å²) in [5.41, 5.74) is 6.06. The van der Waals surface area contributed by atoms with E-state index in [9.17, 15) is 18.8 Å². The number of benzene rings is 5. The monoisotopic (exact) mass is 565 g/mol. The van der Waals surface area contributed by atoms with E-state index in [2.05, 4.69) is 10.5 Å². The van der Waals surface area contributed by atoms with Crippen molar-refractivity contribution in [1.82, 2.24) is 5.43 Å². The SMILES string of the molecule is O=C(N/N=C\C12c3ccccc3C(c3ccccc31)[C@H]1C(=O)N(c3ccc(F)cc3)C(=O)[C@H]12)c1cccc2ccccc12. The van der Waals surface area contributed by atoms with Gasteiger partial charge in [-0.15, -0.1) is 0 Å². The molecule has 7 heteroatoms. The van der Waals surface area contributed by atoms with E-state index in [1.165, 1.54) is 29.2 Å². The number of carbonyl (C=O) groups is 3. The fraction of sp³-hybridized carbons (Fsp3) is 0.111. The molecule has 0 saturated carbocycles. The predicted octanol–water partition coefficient (Wildman–Crippen LogP) is 5.95. The topological polar surface area (TPSA) is 78.8 Å². The Morgan fingerprint density at radius 3 is 2.12 bits per heavy atom. The Kier molecular flexibility index (Phi) is 5.46. The van der Waals surface area contributed by atoms with Crippen LogP contribution in [0.1, 0.15) is 38.5 Å². The van der Waals surface area contributed by atoms with Crippen molar-refractivity contribution in [3.05, 3.63) is 149 Å². The Hall–Kier alpha value is -5.43. The van der Waals surface area contributed by atoms with Gasteiger partial charge in [0.15, 0.2) is 0 Å². The zero-order valence-electron chi connectivity index (χ0n) is 22.8. The second-order valence-corrected chi connectivity index (χ2v) is 11.2. The summed E-state index contributed by atoms with van der Waals surface area (Å²) in [4.78, 5) is 43.2. The van der Waals surface area contributed by atoms with Crippen LogP contribution >= 0.6 is 0 Å². The molecule has 1 fully saturated rings. The van der Waals surface area contributed by atoms with Crippen LogP contribution in [0.2, 0.25) is 0 Å². The molecule has 1 aliphatic heterocycles. The first kappa shape index (κ1) is 25.3. The number of hydrazone groups is 1. The van der Waals surface area contributed by atoms with Gasteiger partial charge in [-0.25, -0.2) is 14.7 Å². The van der Waals surface area contributed by atoms with Crippen molar-refractivity contribution in [2.75, 3.05) is 4.90 Å². The van der Waals surface area contributed by atoms with Crippen LogP contribution < -0.4 is 10.3 Å². The number of carbonyl (C=O) groups excluding carboxylic acids is 3. The summed E-state index contributed by atoms with van der Waals surface area (Å²) in [6.45, 7) is 0. The van der Waals surface area contributed by atoms with Gasteiger partial charge in [0, 0.05) is 17.7 Å². The number of anilines is 1. The lowest BCUT2D eigenvalue weighted by molar-refractivity contribution is -0.122. The lowest BCUT2D eigenvalue weighted by Gasteiger charge is -2.52. The molecule has 3 amide bonds. The molecule has 9 rings (SSSR count). The van der Waals surface area contributed by atoms with E-state index in [0.29, 0.717) is 11.3 Å². The maximum Gasteiger partial charge on any atom is 0.271 e. The zero-order valence-corrected chi connectivity index (χ0v) is 22.8. The molecule has 4 aliphatic rings. The van der Waals surface area contributed by atoms with E-state index >= 15 is 0 Å². The molecule has 0 spiro atoms. The van der Waals surface area contributed by atoms with Crippen molar-refractivity contribution in [3.63, 3.8) is 0 Å². The van der Waals surface area contributed by atoms with Gasteiger partial charge >= 0.3 is 0 Å². The highest BCUT2D eigenvalue weighted by Crippen LogP contribution is 2.63. The van der Waals surface area contributed by atoms with Gasteiger partial charge in [-0.3, -0.25) is 14.4 Å². The summed E-state index contributed by atoms with van der Waals surface area (Å²) in [5.74, 6) is -3.37. The normalized spacial score (nSPS) is 23.4. The van der Waals surface area contributed by atoms with Crippen LogP contribution in [0.4, 0.5) is 10.1 Å². The quantitative estimate of drug-likeness (QED) is 0.166. The molecule has 208 valence electrons. The Morgan fingerprint density at radius 2 is 1.40 bits per heavy atom. The van der Waals surface area contributed by atoms with Crippen LogP contribution in [0.25, 0.3) is 10.8 Å². The minimum atomic E-state index is -1.12. The lowest BCUT2D eigenvalue weighted by atomic mass is 9.47. The molecule has 5 aromatic rings. The minimum Gasteiger partial charge on any atom is -0.274 e. The van der Waals surface area contributed by atoms with Crippen molar-refractivity contribution in [1.29, 1.82) is 0 Å². The average Bonchev–Trinajstić information content (AvgIpc) is 3.31. The van der Waals surface area contributed by atoms with Gasteiger partial charge in [0.25, 0.3) is 5.91 Å². The van der Waals surface area contributed by atoms with Crippen LogP contribution in [0.15, 0.2) is 120 Å². The van der Waals surface area contributed by atoms with Gasteiger partial charge in [-0.1, -0.05) is 84.9 Å². The van der Waals surface area contributed by atoms with Gasteiger partial charge in [-0.05, 0) is 63.4 Å². The average molecular weight is 566 g/mol. The van der Waals surface area contributed by atoms with E-state index in [1.807, 2.05) is 84.9 Å². The molecule has 1 saturated heterocycles. The summed E-state index contributed by atoms with van der Waals surface area (Å²) in [6.07, 6.45) is 1.64.